The van der Waals surface area contributed by atoms with Crippen LogP contribution in [0.4, 0.5) is 17.6 Å². The van der Waals surface area contributed by atoms with Crippen LogP contribution in [-0.2, 0) is 11.0 Å². The minimum atomic E-state index is -4.75. The second-order valence-electron chi connectivity index (χ2n) is 3.76. The fourth-order valence-electron chi connectivity index (χ4n) is 1.25. The number of carbonyl (C=O) groups is 2. The van der Waals surface area contributed by atoms with Crippen LogP contribution in [0.25, 0.3) is 0 Å². The normalized spacial score (nSPS) is 12.8. The first kappa shape index (κ1) is 15.9. The monoisotopic (exact) mass is 295 g/mol. The van der Waals surface area contributed by atoms with Gasteiger partial charge in [-0.3, -0.25) is 4.79 Å². The van der Waals surface area contributed by atoms with Crippen LogP contribution in [0.1, 0.15) is 15.9 Å². The Morgan fingerprint density at radius 3 is 2.40 bits per heavy atom. The van der Waals surface area contributed by atoms with E-state index < -0.39 is 47.6 Å². The molecule has 0 aromatic heterocycles. The molecule has 0 aliphatic heterocycles. The largest absolute Gasteiger partial charge is 0.479 e. The maximum absolute atomic E-state index is 13.3. The van der Waals surface area contributed by atoms with Gasteiger partial charge >= 0.3 is 12.1 Å². The van der Waals surface area contributed by atoms with Gasteiger partial charge in [-0.15, -0.1) is 0 Å². The van der Waals surface area contributed by atoms with E-state index in [1.807, 2.05) is 5.32 Å². The van der Waals surface area contributed by atoms with Crippen LogP contribution in [0, 0.1) is 5.82 Å². The molecule has 1 rings (SSSR count). The highest BCUT2D eigenvalue weighted by Gasteiger charge is 2.32. The van der Waals surface area contributed by atoms with Gasteiger partial charge in [-0.1, -0.05) is 0 Å². The van der Waals surface area contributed by atoms with E-state index in [1.54, 1.807) is 0 Å². The van der Waals surface area contributed by atoms with Gasteiger partial charge in [-0.25, -0.2) is 9.18 Å². The molecule has 1 atom stereocenters. The van der Waals surface area contributed by atoms with Crippen molar-refractivity contribution >= 4 is 11.9 Å². The lowest BCUT2D eigenvalue weighted by atomic mass is 10.1. The molecule has 3 N–H and O–H groups in total. The fourth-order valence-corrected chi connectivity index (χ4v) is 1.25. The van der Waals surface area contributed by atoms with Crippen molar-refractivity contribution in [2.24, 2.45) is 0 Å². The highest BCUT2D eigenvalue weighted by Crippen LogP contribution is 2.30. The van der Waals surface area contributed by atoms with Gasteiger partial charge in [-0.2, -0.15) is 13.2 Å². The average Bonchev–Trinajstić information content (AvgIpc) is 2.34. The Morgan fingerprint density at radius 2 is 1.90 bits per heavy atom. The summed E-state index contributed by atoms with van der Waals surface area (Å²) in [5.74, 6) is -4.08. The third-order valence-electron chi connectivity index (χ3n) is 2.28. The molecule has 0 saturated heterocycles. The van der Waals surface area contributed by atoms with Crippen molar-refractivity contribution in [3.63, 3.8) is 0 Å². The van der Waals surface area contributed by atoms with Crippen molar-refractivity contribution in [2.45, 2.75) is 12.3 Å². The summed E-state index contributed by atoms with van der Waals surface area (Å²) in [6, 6.07) is 1.25. The maximum Gasteiger partial charge on any atom is 0.416 e. The number of alkyl halides is 3. The summed E-state index contributed by atoms with van der Waals surface area (Å²) in [6.07, 6.45) is -6.68. The van der Waals surface area contributed by atoms with Crippen molar-refractivity contribution in [1.29, 1.82) is 0 Å². The Balaban J connectivity index is 2.90. The predicted octanol–water partition coefficient (Wildman–Crippen LogP) is 1.02. The maximum atomic E-state index is 13.3. The standard InChI is InChI=1S/C11H9F4NO4/c12-7-2-1-5(11(13,14)15)3-6(7)9(18)16-4-8(17)10(19)20/h1-3,8,17H,4H2,(H,16,18)(H,19,20)/t8-/m0/s1. The average molecular weight is 295 g/mol. The Kier molecular flexibility index (Phi) is 4.66. The lowest BCUT2D eigenvalue weighted by molar-refractivity contribution is -0.146. The van der Waals surface area contributed by atoms with Gasteiger partial charge in [0.15, 0.2) is 6.10 Å². The van der Waals surface area contributed by atoms with Gasteiger partial charge in [-0.05, 0) is 18.2 Å². The highest BCUT2D eigenvalue weighted by molar-refractivity contribution is 5.95. The van der Waals surface area contributed by atoms with Crippen LogP contribution >= 0.6 is 0 Å². The van der Waals surface area contributed by atoms with Crippen molar-refractivity contribution in [3.8, 4) is 0 Å². The van der Waals surface area contributed by atoms with Gasteiger partial charge in [0.05, 0.1) is 17.7 Å². The molecular formula is C11H9F4NO4. The molecule has 5 nitrogen and oxygen atoms in total. The van der Waals surface area contributed by atoms with Gasteiger partial charge in [0.2, 0.25) is 0 Å². The number of amides is 1. The molecule has 9 heteroatoms. The second-order valence-corrected chi connectivity index (χ2v) is 3.76. The third kappa shape index (κ3) is 3.92. The minimum absolute atomic E-state index is 0.303. The summed E-state index contributed by atoms with van der Waals surface area (Å²) in [5.41, 5.74) is -2.11. The second kappa shape index (κ2) is 5.87. The smallest absolute Gasteiger partial charge is 0.416 e. The molecule has 20 heavy (non-hydrogen) atoms. The first-order valence-corrected chi connectivity index (χ1v) is 5.18. The van der Waals surface area contributed by atoms with Crippen LogP contribution in [0.15, 0.2) is 18.2 Å². The van der Waals surface area contributed by atoms with Crippen LogP contribution in [0.5, 0.6) is 0 Å². The number of hydrogen-bond donors (Lipinski definition) is 3. The van der Waals surface area contributed by atoms with Crippen LogP contribution in [-0.4, -0.2) is 34.7 Å². The van der Waals surface area contributed by atoms with Crippen molar-refractivity contribution in [1.82, 2.24) is 5.32 Å². The number of aliphatic hydroxyl groups excluding tert-OH is 1. The van der Waals surface area contributed by atoms with Crippen LogP contribution in [0.2, 0.25) is 0 Å². The molecule has 1 amide bonds. The van der Waals surface area contributed by atoms with Crippen molar-refractivity contribution in [2.75, 3.05) is 6.54 Å². The molecule has 0 heterocycles. The van der Waals surface area contributed by atoms with E-state index in [2.05, 4.69) is 0 Å². The molecule has 0 aliphatic rings. The van der Waals surface area contributed by atoms with E-state index >= 15 is 0 Å². The zero-order chi connectivity index (χ0) is 15.5. The van der Waals surface area contributed by atoms with E-state index in [0.29, 0.717) is 18.2 Å². The summed E-state index contributed by atoms with van der Waals surface area (Å²) in [7, 11) is 0. The number of carbonyl (C=O) groups excluding carboxylic acids is 1. The number of halogens is 4. The number of rotatable bonds is 4. The Labute approximate surface area is 109 Å². The van der Waals surface area contributed by atoms with Gasteiger partial charge in [0.25, 0.3) is 5.91 Å². The highest BCUT2D eigenvalue weighted by atomic mass is 19.4. The quantitative estimate of drug-likeness (QED) is 0.724. The topological polar surface area (TPSA) is 86.6 Å². The predicted molar refractivity (Wildman–Crippen MR) is 57.4 cm³/mol. The van der Waals surface area contributed by atoms with E-state index in [-0.39, 0.29) is 0 Å². The van der Waals surface area contributed by atoms with E-state index in [9.17, 15) is 27.2 Å². The number of hydrogen-bond acceptors (Lipinski definition) is 3. The Morgan fingerprint density at radius 1 is 1.30 bits per heavy atom. The first-order valence-electron chi connectivity index (χ1n) is 5.18. The zero-order valence-electron chi connectivity index (χ0n) is 9.74. The molecule has 0 aliphatic carbocycles. The van der Waals surface area contributed by atoms with Gasteiger partial charge in [0, 0.05) is 0 Å². The molecule has 1 aromatic carbocycles. The third-order valence-corrected chi connectivity index (χ3v) is 2.28. The number of nitrogens with one attached hydrogen (secondary N) is 1. The van der Waals surface area contributed by atoms with E-state index in [1.165, 1.54) is 0 Å². The molecule has 0 fully saturated rings. The lowest BCUT2D eigenvalue weighted by Crippen LogP contribution is -2.36. The summed E-state index contributed by atoms with van der Waals surface area (Å²) in [6.45, 7) is -0.760. The number of carboxylic acids is 1. The summed E-state index contributed by atoms with van der Waals surface area (Å²) < 4.78 is 50.5. The Hall–Kier alpha value is -2.16. The molecular weight excluding hydrogens is 286 g/mol. The molecule has 0 spiro atoms. The number of aliphatic hydroxyl groups is 1. The Bertz CT molecular complexity index is 530. The summed E-state index contributed by atoms with van der Waals surface area (Å²) in [4.78, 5) is 21.7. The molecule has 110 valence electrons. The molecule has 0 saturated carbocycles. The number of carboxylic acid groups (broad SMARTS) is 1. The van der Waals surface area contributed by atoms with Crippen LogP contribution < -0.4 is 5.32 Å². The number of aliphatic carboxylic acids is 1. The molecule has 0 radical (unpaired) electrons. The van der Waals surface area contributed by atoms with Crippen molar-refractivity contribution < 1.29 is 37.4 Å². The molecule has 0 bridgehead atoms. The SMILES string of the molecule is O=C(NC[C@H](O)C(=O)O)c1cc(C(F)(F)F)ccc1F. The van der Waals surface area contributed by atoms with Gasteiger partial charge in [0.1, 0.15) is 5.82 Å². The lowest BCUT2D eigenvalue weighted by Gasteiger charge is -2.11. The van der Waals surface area contributed by atoms with E-state index in [0.717, 1.165) is 0 Å². The fraction of sp³-hybridized carbons (Fsp3) is 0.273. The van der Waals surface area contributed by atoms with Gasteiger partial charge < -0.3 is 15.5 Å². The minimum Gasteiger partial charge on any atom is -0.479 e. The zero-order valence-corrected chi connectivity index (χ0v) is 9.74. The van der Waals surface area contributed by atoms with E-state index in [4.69, 9.17) is 10.2 Å². The summed E-state index contributed by atoms with van der Waals surface area (Å²) in [5, 5.41) is 19.1. The number of benzene rings is 1. The van der Waals surface area contributed by atoms with Crippen molar-refractivity contribution in [3.05, 3.63) is 35.1 Å². The van der Waals surface area contributed by atoms with Crippen LogP contribution in [0.3, 0.4) is 0 Å². The molecule has 1 aromatic rings. The first-order chi connectivity index (χ1) is 9.12. The summed E-state index contributed by atoms with van der Waals surface area (Å²) >= 11 is 0. The molecule has 0 unspecified atom stereocenters.